The van der Waals surface area contributed by atoms with E-state index in [0.717, 1.165) is 17.7 Å². The molecule has 29 heavy (non-hydrogen) atoms. The van der Waals surface area contributed by atoms with E-state index in [1.54, 1.807) is 21.1 Å². The minimum absolute atomic E-state index is 0.240. The number of nitrogens with zero attached hydrogens (tertiary/aromatic N) is 3. The molecule has 0 atom stereocenters. The zero-order valence-electron chi connectivity index (χ0n) is 16.2. The molecule has 0 N–H and O–H groups in total. The summed E-state index contributed by atoms with van der Waals surface area (Å²) in [5.41, 5.74) is 1.09. The van der Waals surface area contributed by atoms with E-state index < -0.39 is 11.7 Å². The molecule has 1 heterocycles. The standard InChI is InChI=1S/C21H20F3N3O2/c1-14-18(20(28)26(2)13-15-7-4-5-10-19(15)29-3)12-25-27(14)17-9-6-8-16(11-17)21(22,23)24/h4-12H,13H2,1-3H3. The summed E-state index contributed by atoms with van der Waals surface area (Å²) in [7, 11) is 3.21. The SMILES string of the molecule is COc1ccccc1CN(C)C(=O)c1cnn(-c2cccc(C(F)(F)F)c2)c1C. The number of hydrogen-bond donors (Lipinski definition) is 0. The van der Waals surface area contributed by atoms with Crippen LogP contribution in [0.4, 0.5) is 13.2 Å². The number of aromatic nitrogens is 2. The lowest BCUT2D eigenvalue weighted by Crippen LogP contribution is -2.26. The number of amides is 1. The second-order valence-corrected chi connectivity index (χ2v) is 6.58. The van der Waals surface area contributed by atoms with Crippen molar-refractivity contribution in [2.45, 2.75) is 19.6 Å². The number of para-hydroxylation sites is 1. The van der Waals surface area contributed by atoms with E-state index >= 15 is 0 Å². The van der Waals surface area contributed by atoms with E-state index in [1.165, 1.54) is 27.9 Å². The molecule has 0 spiro atoms. The third kappa shape index (κ3) is 4.26. The first-order chi connectivity index (χ1) is 13.7. The molecule has 0 bridgehead atoms. The maximum Gasteiger partial charge on any atom is 0.416 e. The second-order valence-electron chi connectivity index (χ2n) is 6.58. The predicted molar refractivity (Wildman–Crippen MR) is 102 cm³/mol. The Kier molecular flexibility index (Phi) is 5.63. The molecule has 3 aromatic rings. The van der Waals surface area contributed by atoms with Gasteiger partial charge in [-0.2, -0.15) is 18.3 Å². The summed E-state index contributed by atoms with van der Waals surface area (Å²) >= 11 is 0. The first-order valence-electron chi connectivity index (χ1n) is 8.82. The number of hydrogen-bond acceptors (Lipinski definition) is 3. The Labute approximate surface area is 166 Å². The normalized spacial score (nSPS) is 11.4. The van der Waals surface area contributed by atoms with Crippen LogP contribution in [0, 0.1) is 6.92 Å². The van der Waals surface area contributed by atoms with Crippen molar-refractivity contribution in [1.82, 2.24) is 14.7 Å². The first kappa shape index (κ1) is 20.4. The van der Waals surface area contributed by atoms with Crippen LogP contribution < -0.4 is 4.74 Å². The molecule has 0 aliphatic rings. The Morgan fingerprint density at radius 1 is 1.17 bits per heavy atom. The molecule has 3 rings (SSSR count). The van der Waals surface area contributed by atoms with Crippen LogP contribution in [0.3, 0.4) is 0 Å². The fourth-order valence-corrected chi connectivity index (χ4v) is 3.06. The first-order valence-corrected chi connectivity index (χ1v) is 8.82. The molecule has 0 aliphatic heterocycles. The molecule has 8 heteroatoms. The fraction of sp³-hybridized carbons (Fsp3) is 0.238. The van der Waals surface area contributed by atoms with Gasteiger partial charge in [-0.1, -0.05) is 24.3 Å². The minimum atomic E-state index is -4.45. The van der Waals surface area contributed by atoms with Crippen LogP contribution in [0.5, 0.6) is 5.75 Å². The molecular weight excluding hydrogens is 383 g/mol. The number of benzene rings is 2. The van der Waals surface area contributed by atoms with Gasteiger partial charge in [0.15, 0.2) is 0 Å². The summed E-state index contributed by atoms with van der Waals surface area (Å²) in [5, 5.41) is 4.13. The molecule has 0 saturated heterocycles. The highest BCUT2D eigenvalue weighted by atomic mass is 19.4. The van der Waals surface area contributed by atoms with Crippen molar-refractivity contribution in [2.24, 2.45) is 0 Å². The average Bonchev–Trinajstić information content (AvgIpc) is 3.08. The molecule has 152 valence electrons. The lowest BCUT2D eigenvalue weighted by Gasteiger charge is -2.18. The maximum absolute atomic E-state index is 13.0. The monoisotopic (exact) mass is 403 g/mol. The molecule has 5 nitrogen and oxygen atoms in total. The van der Waals surface area contributed by atoms with Crippen LogP contribution in [-0.2, 0) is 12.7 Å². The smallest absolute Gasteiger partial charge is 0.416 e. The Morgan fingerprint density at radius 3 is 2.59 bits per heavy atom. The van der Waals surface area contributed by atoms with E-state index in [4.69, 9.17) is 4.74 Å². The van der Waals surface area contributed by atoms with Gasteiger partial charge in [0.1, 0.15) is 5.75 Å². The van der Waals surface area contributed by atoms with Crippen molar-refractivity contribution < 1.29 is 22.7 Å². The van der Waals surface area contributed by atoms with Crippen molar-refractivity contribution in [3.8, 4) is 11.4 Å². The molecule has 1 amide bonds. The number of alkyl halides is 3. The van der Waals surface area contributed by atoms with Crippen LogP contribution in [0.25, 0.3) is 5.69 Å². The lowest BCUT2D eigenvalue weighted by molar-refractivity contribution is -0.137. The van der Waals surface area contributed by atoms with Crippen LogP contribution in [0.2, 0.25) is 0 Å². The lowest BCUT2D eigenvalue weighted by atomic mass is 10.1. The highest BCUT2D eigenvalue weighted by Crippen LogP contribution is 2.30. The van der Waals surface area contributed by atoms with E-state index in [1.807, 2.05) is 24.3 Å². The fourth-order valence-electron chi connectivity index (χ4n) is 3.06. The summed E-state index contributed by atoms with van der Waals surface area (Å²) in [4.78, 5) is 14.4. The van der Waals surface area contributed by atoms with Gasteiger partial charge in [0, 0.05) is 19.2 Å². The molecule has 0 radical (unpaired) electrons. The topological polar surface area (TPSA) is 47.4 Å². The Morgan fingerprint density at radius 2 is 1.90 bits per heavy atom. The van der Waals surface area contributed by atoms with Gasteiger partial charge in [0.2, 0.25) is 0 Å². The van der Waals surface area contributed by atoms with E-state index in [9.17, 15) is 18.0 Å². The average molecular weight is 403 g/mol. The van der Waals surface area contributed by atoms with Crippen molar-refractivity contribution in [3.63, 3.8) is 0 Å². The van der Waals surface area contributed by atoms with Gasteiger partial charge in [-0.25, -0.2) is 4.68 Å². The van der Waals surface area contributed by atoms with Gasteiger partial charge in [-0.3, -0.25) is 4.79 Å². The van der Waals surface area contributed by atoms with Crippen molar-refractivity contribution in [2.75, 3.05) is 14.2 Å². The second kappa shape index (κ2) is 7.98. The van der Waals surface area contributed by atoms with Crippen LogP contribution in [-0.4, -0.2) is 34.7 Å². The molecule has 0 saturated carbocycles. The molecule has 0 fully saturated rings. The minimum Gasteiger partial charge on any atom is -0.496 e. The zero-order valence-corrected chi connectivity index (χ0v) is 16.2. The predicted octanol–water partition coefficient (Wildman–Crippen LogP) is 4.48. The highest BCUT2D eigenvalue weighted by molar-refractivity contribution is 5.95. The van der Waals surface area contributed by atoms with E-state index in [-0.39, 0.29) is 11.6 Å². The number of carbonyl (C=O) groups excluding carboxylic acids is 1. The van der Waals surface area contributed by atoms with Crippen molar-refractivity contribution in [1.29, 1.82) is 0 Å². The van der Waals surface area contributed by atoms with Gasteiger partial charge in [0.25, 0.3) is 5.91 Å². The number of methoxy groups -OCH3 is 1. The summed E-state index contributed by atoms with van der Waals surface area (Å²) in [6.45, 7) is 1.97. The van der Waals surface area contributed by atoms with Gasteiger partial charge in [-0.05, 0) is 31.2 Å². The number of rotatable bonds is 5. The van der Waals surface area contributed by atoms with Gasteiger partial charge < -0.3 is 9.64 Å². The zero-order chi connectivity index (χ0) is 21.2. The van der Waals surface area contributed by atoms with Crippen molar-refractivity contribution in [3.05, 3.63) is 77.1 Å². The van der Waals surface area contributed by atoms with Crippen molar-refractivity contribution >= 4 is 5.91 Å². The number of halogens is 3. The summed E-state index contributed by atoms with van der Waals surface area (Å²) in [6, 6.07) is 12.2. The Balaban J connectivity index is 1.86. The molecular formula is C21H20F3N3O2. The molecule has 2 aromatic carbocycles. The van der Waals surface area contributed by atoms with Crippen LogP contribution in [0.1, 0.15) is 27.2 Å². The Hall–Kier alpha value is -3.29. The van der Waals surface area contributed by atoms with E-state index in [2.05, 4.69) is 5.10 Å². The van der Waals surface area contributed by atoms with Crippen LogP contribution >= 0.6 is 0 Å². The summed E-state index contributed by atoms with van der Waals surface area (Å²) in [5.74, 6) is 0.384. The van der Waals surface area contributed by atoms with Gasteiger partial charge in [0.05, 0.1) is 35.8 Å². The molecule has 0 unspecified atom stereocenters. The number of ether oxygens (including phenoxy) is 1. The number of carbonyl (C=O) groups is 1. The molecule has 1 aromatic heterocycles. The third-order valence-corrected chi connectivity index (χ3v) is 4.60. The van der Waals surface area contributed by atoms with E-state index in [0.29, 0.717) is 23.6 Å². The maximum atomic E-state index is 13.0. The van der Waals surface area contributed by atoms with Gasteiger partial charge >= 0.3 is 6.18 Å². The summed E-state index contributed by atoms with van der Waals surface area (Å²) in [6.07, 6.45) is -3.08. The largest absolute Gasteiger partial charge is 0.496 e. The Bertz CT molecular complexity index is 1030. The molecule has 0 aliphatic carbocycles. The third-order valence-electron chi connectivity index (χ3n) is 4.60. The quantitative estimate of drug-likeness (QED) is 0.631. The van der Waals surface area contributed by atoms with Gasteiger partial charge in [-0.15, -0.1) is 0 Å². The highest BCUT2D eigenvalue weighted by Gasteiger charge is 2.31. The van der Waals surface area contributed by atoms with Crippen LogP contribution in [0.15, 0.2) is 54.7 Å². The summed E-state index contributed by atoms with van der Waals surface area (Å²) < 4.78 is 45.6.